The van der Waals surface area contributed by atoms with Crippen LogP contribution in [-0.2, 0) is 6.42 Å². The van der Waals surface area contributed by atoms with Gasteiger partial charge in [-0.05, 0) is 47.4 Å². The Bertz CT molecular complexity index is 1090. The van der Waals surface area contributed by atoms with Crippen molar-refractivity contribution >= 4 is 28.4 Å². The van der Waals surface area contributed by atoms with Crippen molar-refractivity contribution in [1.29, 1.82) is 0 Å². The van der Waals surface area contributed by atoms with Gasteiger partial charge in [0, 0.05) is 34.2 Å². The van der Waals surface area contributed by atoms with E-state index in [4.69, 9.17) is 11.6 Å². The highest BCUT2D eigenvalue weighted by atomic mass is 35.5. The molecule has 3 nitrogen and oxygen atoms in total. The number of amides is 1. The highest BCUT2D eigenvalue weighted by Gasteiger charge is 2.12. The third-order valence-electron chi connectivity index (χ3n) is 4.67. The van der Waals surface area contributed by atoms with E-state index >= 15 is 0 Å². The van der Waals surface area contributed by atoms with Crippen molar-refractivity contribution in [3.63, 3.8) is 0 Å². The van der Waals surface area contributed by atoms with E-state index in [0.29, 0.717) is 17.1 Å². The standard InChI is InChI=1S/C23H19ClN2O/c24-18-10-11-22-21(14-18)17(15-26-22)12-13-25-23(27)20-9-5-4-8-19(20)16-6-2-1-3-7-16/h1-11,14-15,26H,12-13H2,(H,25,27). The second-order valence-corrected chi connectivity index (χ2v) is 6.86. The van der Waals surface area contributed by atoms with Gasteiger partial charge in [0.05, 0.1) is 0 Å². The van der Waals surface area contributed by atoms with E-state index in [2.05, 4.69) is 10.3 Å². The zero-order valence-corrected chi connectivity index (χ0v) is 15.5. The monoisotopic (exact) mass is 374 g/mol. The number of nitrogens with one attached hydrogen (secondary N) is 2. The van der Waals surface area contributed by atoms with Crippen LogP contribution in [0.15, 0.2) is 79.0 Å². The summed E-state index contributed by atoms with van der Waals surface area (Å²) in [5.74, 6) is -0.0627. The van der Waals surface area contributed by atoms with Gasteiger partial charge in [-0.2, -0.15) is 0 Å². The summed E-state index contributed by atoms with van der Waals surface area (Å²) in [5.41, 5.74) is 4.86. The Morgan fingerprint density at radius 1 is 0.963 bits per heavy atom. The number of carbonyl (C=O) groups is 1. The quantitative estimate of drug-likeness (QED) is 0.478. The lowest BCUT2D eigenvalue weighted by atomic mass is 9.99. The molecule has 2 N–H and O–H groups in total. The maximum absolute atomic E-state index is 12.7. The van der Waals surface area contributed by atoms with Crippen LogP contribution in [0.2, 0.25) is 5.02 Å². The summed E-state index contributed by atoms with van der Waals surface area (Å²) >= 11 is 6.10. The number of benzene rings is 3. The lowest BCUT2D eigenvalue weighted by molar-refractivity contribution is 0.0955. The van der Waals surface area contributed by atoms with Crippen LogP contribution in [0.1, 0.15) is 15.9 Å². The number of fused-ring (bicyclic) bond motifs is 1. The summed E-state index contributed by atoms with van der Waals surface area (Å²) in [7, 11) is 0. The largest absolute Gasteiger partial charge is 0.361 e. The number of H-pyrrole nitrogens is 1. The van der Waals surface area contributed by atoms with Crippen LogP contribution in [0.3, 0.4) is 0 Å². The summed E-state index contributed by atoms with van der Waals surface area (Å²) in [6.45, 7) is 0.557. The lowest BCUT2D eigenvalue weighted by Crippen LogP contribution is -2.26. The molecule has 0 unspecified atom stereocenters. The molecule has 0 fully saturated rings. The van der Waals surface area contributed by atoms with Crippen LogP contribution in [0.25, 0.3) is 22.0 Å². The van der Waals surface area contributed by atoms with Crippen molar-refractivity contribution in [3.8, 4) is 11.1 Å². The number of halogens is 1. The zero-order chi connectivity index (χ0) is 18.6. The van der Waals surface area contributed by atoms with E-state index in [1.807, 2.05) is 79.0 Å². The SMILES string of the molecule is O=C(NCCc1c[nH]c2ccc(Cl)cc12)c1ccccc1-c1ccccc1. The molecule has 0 aliphatic rings. The molecule has 0 saturated carbocycles. The van der Waals surface area contributed by atoms with Crippen LogP contribution in [0.4, 0.5) is 0 Å². The minimum absolute atomic E-state index is 0.0627. The van der Waals surface area contributed by atoms with Crippen LogP contribution in [0, 0.1) is 0 Å². The number of hydrogen-bond donors (Lipinski definition) is 2. The molecule has 0 bridgehead atoms. The molecule has 0 spiro atoms. The molecule has 0 aliphatic carbocycles. The van der Waals surface area contributed by atoms with Crippen molar-refractivity contribution in [1.82, 2.24) is 10.3 Å². The van der Waals surface area contributed by atoms with E-state index in [0.717, 1.165) is 34.0 Å². The van der Waals surface area contributed by atoms with Crippen LogP contribution in [-0.4, -0.2) is 17.4 Å². The first-order valence-corrected chi connectivity index (χ1v) is 9.28. The second-order valence-electron chi connectivity index (χ2n) is 6.42. The Balaban J connectivity index is 1.48. The Labute approximate surface area is 163 Å². The topological polar surface area (TPSA) is 44.9 Å². The maximum Gasteiger partial charge on any atom is 0.251 e. The van der Waals surface area contributed by atoms with Crippen molar-refractivity contribution in [2.45, 2.75) is 6.42 Å². The number of aromatic amines is 1. The third-order valence-corrected chi connectivity index (χ3v) is 4.90. The molecule has 4 heteroatoms. The summed E-state index contributed by atoms with van der Waals surface area (Å²) in [6.07, 6.45) is 2.71. The maximum atomic E-state index is 12.7. The van der Waals surface area contributed by atoms with E-state index < -0.39 is 0 Å². The van der Waals surface area contributed by atoms with Crippen LogP contribution >= 0.6 is 11.6 Å². The molecule has 4 rings (SSSR count). The molecule has 0 radical (unpaired) electrons. The van der Waals surface area contributed by atoms with Gasteiger partial charge in [-0.15, -0.1) is 0 Å². The minimum atomic E-state index is -0.0627. The van der Waals surface area contributed by atoms with Crippen molar-refractivity contribution in [2.75, 3.05) is 6.54 Å². The van der Waals surface area contributed by atoms with Gasteiger partial charge >= 0.3 is 0 Å². The average molecular weight is 375 g/mol. The number of aromatic nitrogens is 1. The van der Waals surface area contributed by atoms with Crippen molar-refractivity contribution in [2.24, 2.45) is 0 Å². The Morgan fingerprint density at radius 3 is 2.59 bits per heavy atom. The predicted molar refractivity (Wildman–Crippen MR) is 111 cm³/mol. The number of carbonyl (C=O) groups excluding carboxylic acids is 1. The Morgan fingerprint density at radius 2 is 1.74 bits per heavy atom. The van der Waals surface area contributed by atoms with E-state index in [9.17, 15) is 4.79 Å². The summed E-state index contributed by atoms with van der Waals surface area (Å²) in [4.78, 5) is 16.0. The van der Waals surface area contributed by atoms with Crippen LogP contribution < -0.4 is 5.32 Å². The zero-order valence-electron chi connectivity index (χ0n) is 14.7. The molecular formula is C23H19ClN2O. The van der Waals surface area contributed by atoms with E-state index in [1.165, 1.54) is 0 Å². The third kappa shape index (κ3) is 3.74. The predicted octanol–water partition coefficient (Wildman–Crippen LogP) is 5.46. The Hall–Kier alpha value is -3.04. The molecule has 0 atom stereocenters. The normalized spacial score (nSPS) is 10.9. The molecule has 0 aliphatic heterocycles. The van der Waals surface area contributed by atoms with Crippen molar-refractivity contribution in [3.05, 3.63) is 95.1 Å². The van der Waals surface area contributed by atoms with Gasteiger partial charge in [-0.1, -0.05) is 60.1 Å². The second kappa shape index (κ2) is 7.68. The van der Waals surface area contributed by atoms with Crippen LogP contribution in [0.5, 0.6) is 0 Å². The molecule has 1 amide bonds. The van der Waals surface area contributed by atoms with Crippen molar-refractivity contribution < 1.29 is 4.79 Å². The van der Waals surface area contributed by atoms with Gasteiger partial charge in [0.2, 0.25) is 0 Å². The molecule has 1 aromatic heterocycles. The summed E-state index contributed by atoms with van der Waals surface area (Å²) < 4.78 is 0. The Kier molecular flexibility index (Phi) is 4.95. The minimum Gasteiger partial charge on any atom is -0.361 e. The smallest absolute Gasteiger partial charge is 0.251 e. The van der Waals surface area contributed by atoms with Gasteiger partial charge in [-0.3, -0.25) is 4.79 Å². The molecule has 1 heterocycles. The highest BCUT2D eigenvalue weighted by Crippen LogP contribution is 2.24. The molecule has 134 valence electrons. The number of rotatable bonds is 5. The van der Waals surface area contributed by atoms with Gasteiger partial charge < -0.3 is 10.3 Å². The van der Waals surface area contributed by atoms with E-state index in [-0.39, 0.29) is 5.91 Å². The van der Waals surface area contributed by atoms with Gasteiger partial charge in [0.25, 0.3) is 5.91 Å². The molecule has 4 aromatic rings. The fraction of sp³-hybridized carbons (Fsp3) is 0.0870. The molecule has 3 aromatic carbocycles. The van der Waals surface area contributed by atoms with Gasteiger partial charge in [0.15, 0.2) is 0 Å². The first-order chi connectivity index (χ1) is 13.2. The molecule has 27 heavy (non-hydrogen) atoms. The summed E-state index contributed by atoms with van der Waals surface area (Å²) in [6, 6.07) is 23.4. The average Bonchev–Trinajstić information content (AvgIpc) is 3.10. The summed E-state index contributed by atoms with van der Waals surface area (Å²) in [5, 5.41) is 4.85. The number of hydrogen-bond acceptors (Lipinski definition) is 1. The fourth-order valence-electron chi connectivity index (χ4n) is 3.31. The first kappa shape index (κ1) is 17.4. The molecular weight excluding hydrogens is 356 g/mol. The highest BCUT2D eigenvalue weighted by molar-refractivity contribution is 6.31. The van der Waals surface area contributed by atoms with Gasteiger partial charge in [-0.25, -0.2) is 0 Å². The lowest BCUT2D eigenvalue weighted by Gasteiger charge is -2.10. The fourth-order valence-corrected chi connectivity index (χ4v) is 3.49. The van der Waals surface area contributed by atoms with Gasteiger partial charge in [0.1, 0.15) is 0 Å². The first-order valence-electron chi connectivity index (χ1n) is 8.90. The van der Waals surface area contributed by atoms with E-state index in [1.54, 1.807) is 0 Å². The molecule has 0 saturated heterocycles.